The number of aliphatic hydroxyl groups is 1. The SMILES string of the molecule is C.C.C.C=CCNC[C@H]1CC[C@@H]2[C@H](O1)c1cc(C(F)(F)F)ccc1N[C@H]2c1ccccc1.CC(C)CNC[C@H]1CC[C@@H]2[C@H](O1)c1cc(C(F)(F)F)ccc1N[C@H]2c1ccccc1.CNCCNC(=O)[C@@H]1CC[C@@H]2[C@H](O1)c1cc(C(F)(F)F)ccc1N[C@H]2c1ccccc1.CNCCNC(=O)[C@H]1CC[C@@H]2[C@H](O1)c1cc(C(F)(F)F)ccc1N[C@H]2c1ccccc1.CSc1ccc2c(c1)[C@@H]1O[C@H](CO)CC[C@@H]1[C@@H](c1ccccc1)N2. The molecule has 10 aliphatic rings. The van der Waals surface area contributed by atoms with Crippen molar-refractivity contribution in [3.05, 3.63) is 333 Å². The van der Waals surface area contributed by atoms with Crippen LogP contribution in [0.2, 0.25) is 0 Å². The highest BCUT2D eigenvalue weighted by atomic mass is 32.2. The molecule has 0 bridgehead atoms. The second-order valence-corrected chi connectivity index (χ2v) is 40.0. The average molecular weight is 2080 g/mol. The van der Waals surface area contributed by atoms with Crippen molar-refractivity contribution in [1.82, 2.24) is 31.9 Å². The molecule has 0 radical (unpaired) electrons. The Morgan fingerprint density at radius 3 is 0.919 bits per heavy atom. The van der Waals surface area contributed by atoms with Crippen molar-refractivity contribution in [2.75, 3.05) is 106 Å². The summed E-state index contributed by atoms with van der Waals surface area (Å²) in [6.45, 7) is 13.2. The summed E-state index contributed by atoms with van der Waals surface area (Å²) in [5, 5.41) is 45.4. The molecule has 19 nitrogen and oxygen atoms in total. The molecule has 12 N–H and O–H groups in total. The number of amides is 2. The molecule has 0 aliphatic carbocycles. The van der Waals surface area contributed by atoms with Crippen molar-refractivity contribution >= 4 is 52.0 Å². The van der Waals surface area contributed by atoms with Gasteiger partial charge in [-0.2, -0.15) is 52.7 Å². The lowest BCUT2D eigenvalue weighted by Gasteiger charge is -2.46. The molecule has 148 heavy (non-hydrogen) atoms. The molecule has 20 atom stereocenters. The Morgan fingerprint density at radius 2 is 0.642 bits per heavy atom. The van der Waals surface area contributed by atoms with Gasteiger partial charge in [-0.05, 0) is 216 Å². The molecule has 32 heteroatoms. The summed E-state index contributed by atoms with van der Waals surface area (Å²) < 4.78 is 192. The zero-order chi connectivity index (χ0) is 102. The minimum absolute atomic E-state index is 0. The Labute approximate surface area is 866 Å². The van der Waals surface area contributed by atoms with Gasteiger partial charge in [0.15, 0.2) is 0 Å². The summed E-state index contributed by atoms with van der Waals surface area (Å²) in [6.07, 6.45) is -9.19. The summed E-state index contributed by atoms with van der Waals surface area (Å²) in [5.74, 6) is 0.472. The summed E-state index contributed by atoms with van der Waals surface area (Å²) in [7, 11) is 3.59. The van der Waals surface area contributed by atoms with Crippen LogP contribution in [0.3, 0.4) is 0 Å². The molecule has 798 valence electrons. The van der Waals surface area contributed by atoms with Gasteiger partial charge in [0.1, 0.15) is 12.2 Å². The summed E-state index contributed by atoms with van der Waals surface area (Å²) in [5.41, 5.74) is 10.2. The van der Waals surface area contributed by atoms with E-state index in [0.717, 1.165) is 122 Å². The van der Waals surface area contributed by atoms with E-state index in [9.17, 15) is 67.4 Å². The van der Waals surface area contributed by atoms with Crippen LogP contribution in [0.4, 0.5) is 81.1 Å². The maximum atomic E-state index is 13.4. The van der Waals surface area contributed by atoms with Crippen molar-refractivity contribution in [1.29, 1.82) is 0 Å². The van der Waals surface area contributed by atoms with Crippen LogP contribution in [0.25, 0.3) is 0 Å². The molecule has 0 aromatic heterocycles. The predicted octanol–water partition coefficient (Wildman–Crippen LogP) is 25.8. The molecule has 10 heterocycles. The standard InChI is InChI=1S/C24H29F3N2O.2C23H26F3N3O2.C23H25F3N2O.C20H23NO2S.3CH4/c1-15(2)13-28-14-18-9-10-19-22(16-6-4-3-5-7-16)29-21-11-8-17(24(25,26)27)12-20(21)23(19)30-18;2*1-27-11-12-28-22(30)19-10-8-16-20(14-5-3-2-4-6-14)29-18-9-7-15(23(24,25)26)13-17(18)21(16)31-19;1-2-12-27-14-17-9-10-18-21(15-6-4-3-5-7-15)28-20-11-8-16(23(24,25)26)13-19(20)22(18)29-17;1-24-15-8-10-18-17(11-15)20-16(9-7-14(12-22)23-20)19(21-18)13-5-3-2-4-6-13;;;/h3-8,11-12,15,18-19,22-23,28-29H,9-10,13-14H2,1-2H3;2*2-7,9,13,16,19-21,27,29H,8,10-12H2,1H3,(H,28,30);2-8,11,13,17-18,21-22,27-28H,1,9-10,12,14H2;2-6,8,10-11,14,16,19-22H,7,9,12H2,1H3;3*1H4/t18-,19+,22+,23+;16-,19+,20-,21-;16-,19-,20-,21-;17-,18+,21+,22+;14-,16+,19+,20+;;;/m10010.../s1. The molecule has 0 saturated carbocycles. The van der Waals surface area contributed by atoms with E-state index in [1.54, 1.807) is 38.0 Å². The smallest absolute Gasteiger partial charge is 0.394 e. The highest BCUT2D eigenvalue weighted by Crippen LogP contribution is 2.58. The van der Waals surface area contributed by atoms with E-state index >= 15 is 0 Å². The van der Waals surface area contributed by atoms with Crippen molar-refractivity contribution in [3.8, 4) is 0 Å². The van der Waals surface area contributed by atoms with Gasteiger partial charge in [-0.3, -0.25) is 9.59 Å². The second-order valence-electron chi connectivity index (χ2n) is 39.1. The third kappa shape index (κ3) is 27.7. The first kappa shape index (κ1) is 114. The highest BCUT2D eigenvalue weighted by molar-refractivity contribution is 7.98. The zero-order valence-electron chi connectivity index (χ0n) is 81.7. The molecule has 10 aromatic carbocycles. The van der Waals surface area contributed by atoms with E-state index in [4.69, 9.17) is 23.7 Å². The molecule has 20 rings (SSSR count). The van der Waals surface area contributed by atoms with Crippen LogP contribution in [0, 0.1) is 35.5 Å². The Hall–Kier alpha value is -11.0. The molecule has 5 fully saturated rings. The van der Waals surface area contributed by atoms with Crippen molar-refractivity contribution in [3.63, 3.8) is 0 Å². The number of hydrogen-bond acceptors (Lipinski definition) is 18. The lowest BCUT2D eigenvalue weighted by molar-refractivity contribution is -0.149. The van der Waals surface area contributed by atoms with E-state index in [-0.39, 0.29) is 131 Å². The number of alkyl halides is 12. The first-order valence-electron chi connectivity index (χ1n) is 50.2. The van der Waals surface area contributed by atoms with Crippen molar-refractivity contribution in [2.24, 2.45) is 35.5 Å². The predicted molar refractivity (Wildman–Crippen MR) is 562 cm³/mol. The first-order valence-corrected chi connectivity index (χ1v) is 51.4. The van der Waals surface area contributed by atoms with Crippen LogP contribution >= 0.6 is 11.8 Å². The molecular weight excluding hydrogens is 1940 g/mol. The molecule has 10 aliphatic heterocycles. The van der Waals surface area contributed by atoms with Gasteiger partial charge in [-0.25, -0.2) is 0 Å². The Balaban J connectivity index is 0.000000154. The maximum absolute atomic E-state index is 13.4. The molecule has 5 saturated heterocycles. The lowest BCUT2D eigenvalue weighted by atomic mass is 9.76. The zero-order valence-corrected chi connectivity index (χ0v) is 82.5. The fraction of sp³-hybridized carbons (Fsp3) is 0.448. The van der Waals surface area contributed by atoms with Gasteiger partial charge in [0.25, 0.3) is 0 Å². The molecule has 2 amide bonds. The third-order valence-electron chi connectivity index (χ3n) is 29.1. The van der Waals surface area contributed by atoms with Crippen molar-refractivity contribution < 1.29 is 91.1 Å². The Morgan fingerprint density at radius 1 is 0.372 bits per heavy atom. The number of carbonyl (C=O) groups excluding carboxylic acids is 2. The number of anilines is 5. The number of carbonyl (C=O) groups is 2. The number of likely N-dealkylation sites (N-methyl/N-ethyl adjacent to an activating group) is 2. The quantitative estimate of drug-likeness (QED) is 0.0124. The van der Waals surface area contributed by atoms with Crippen LogP contribution in [0.5, 0.6) is 0 Å². The summed E-state index contributed by atoms with van der Waals surface area (Å²) in [6, 6.07) is 72.3. The van der Waals surface area contributed by atoms with Crippen molar-refractivity contribution in [2.45, 2.75) is 221 Å². The number of thioether (sulfide) groups is 1. The van der Waals surface area contributed by atoms with Gasteiger partial charge in [0, 0.05) is 137 Å². The van der Waals surface area contributed by atoms with Gasteiger partial charge in [0.2, 0.25) is 11.8 Å². The number of hydrogen-bond donors (Lipinski definition) is 12. The van der Waals surface area contributed by atoms with Gasteiger partial charge < -0.3 is 87.3 Å². The van der Waals surface area contributed by atoms with Crippen LogP contribution in [0.1, 0.15) is 239 Å². The fourth-order valence-corrected chi connectivity index (χ4v) is 22.4. The summed E-state index contributed by atoms with van der Waals surface area (Å²) >= 11 is 1.75. The third-order valence-corrected chi connectivity index (χ3v) is 29.8. The van der Waals surface area contributed by atoms with Crippen LogP contribution in [-0.2, 0) is 58.0 Å². The molecule has 0 unspecified atom stereocenters. The van der Waals surface area contributed by atoms with Gasteiger partial charge in [0.05, 0.1) is 108 Å². The number of fused-ring (bicyclic) bond motifs is 15. The van der Waals surface area contributed by atoms with E-state index in [2.05, 4.69) is 158 Å². The van der Waals surface area contributed by atoms with Gasteiger partial charge in [-0.15, -0.1) is 18.3 Å². The number of halogens is 12. The van der Waals surface area contributed by atoms with Crippen LogP contribution < -0.4 is 58.5 Å². The number of aliphatic hydroxyl groups excluding tert-OH is 1. The van der Waals surface area contributed by atoms with E-state index in [1.807, 2.05) is 97.1 Å². The minimum atomic E-state index is -4.45. The number of nitrogens with one attached hydrogen (secondary N) is 11. The largest absolute Gasteiger partial charge is 0.416 e. The molecular formula is C116H141F12N11O8S. The topological polar surface area (TPSA) is 233 Å². The Bertz CT molecular complexity index is 5760. The van der Waals surface area contributed by atoms with Gasteiger partial charge in [-0.1, -0.05) is 194 Å². The number of ether oxygens (including phenoxy) is 5. The van der Waals surface area contributed by atoms with E-state index in [1.165, 1.54) is 46.4 Å². The average Bonchev–Trinajstić information content (AvgIpc) is 0.765. The van der Waals surface area contributed by atoms with Crippen LogP contribution in [0.15, 0.2) is 260 Å². The van der Waals surface area contributed by atoms with Crippen LogP contribution in [-0.4, -0.2) is 127 Å². The number of benzene rings is 10. The van der Waals surface area contributed by atoms with E-state index < -0.39 is 71.4 Å². The minimum Gasteiger partial charge on any atom is -0.394 e. The maximum Gasteiger partial charge on any atom is 0.416 e. The lowest BCUT2D eigenvalue weighted by Crippen LogP contribution is -2.46. The monoisotopic (exact) mass is 2080 g/mol. The first-order chi connectivity index (χ1) is 69.9. The molecule has 10 aromatic rings. The van der Waals surface area contributed by atoms with E-state index in [0.29, 0.717) is 116 Å². The fourth-order valence-electron chi connectivity index (χ4n) is 22.0. The normalized spacial score (nSPS) is 25.6. The van der Waals surface area contributed by atoms with Gasteiger partial charge >= 0.3 is 24.7 Å². The molecule has 0 spiro atoms. The second kappa shape index (κ2) is 51.7. The number of rotatable bonds is 23. The highest BCUT2D eigenvalue weighted by Gasteiger charge is 2.51. The summed E-state index contributed by atoms with van der Waals surface area (Å²) in [4.78, 5) is 26.4. The Kier molecular flexibility index (Phi) is 39.8.